The van der Waals surface area contributed by atoms with E-state index in [9.17, 15) is 4.79 Å². The van der Waals surface area contributed by atoms with Gasteiger partial charge in [-0.3, -0.25) is 4.79 Å². The fraction of sp³-hybridized carbons (Fsp3) is 0.875. The summed E-state index contributed by atoms with van der Waals surface area (Å²) in [5.41, 5.74) is 0. The summed E-state index contributed by atoms with van der Waals surface area (Å²) >= 11 is 1.90. The number of Topliss-reactive ketones (excluding diaryl/α,β-unsaturated/α-hetero) is 1. The molecule has 1 aliphatic carbocycles. The molecular weight excluding hydrogens is 144 g/mol. The monoisotopic (exact) mass is 156 g/mol. The lowest BCUT2D eigenvalue weighted by Crippen LogP contribution is -2.27. The van der Waals surface area contributed by atoms with Crippen LogP contribution in [-0.2, 0) is 4.79 Å². The van der Waals surface area contributed by atoms with Gasteiger partial charge in [0.15, 0.2) is 0 Å². The largest absolute Gasteiger partial charge is 0.299 e. The first-order valence-corrected chi connectivity index (χ1v) is 5.12. The zero-order valence-corrected chi connectivity index (χ0v) is 6.82. The van der Waals surface area contributed by atoms with Gasteiger partial charge in [0, 0.05) is 23.8 Å². The standard InChI is InChI=1S/C8H12OS/c9-8(3-6-1-2-6)7-4-10-5-7/h6-7H,1-5H2. The molecule has 2 aliphatic rings. The van der Waals surface area contributed by atoms with Crippen molar-refractivity contribution in [3.05, 3.63) is 0 Å². The van der Waals surface area contributed by atoms with Gasteiger partial charge in [-0.2, -0.15) is 11.8 Å². The summed E-state index contributed by atoms with van der Waals surface area (Å²) < 4.78 is 0. The molecule has 0 aromatic carbocycles. The van der Waals surface area contributed by atoms with Gasteiger partial charge in [0.05, 0.1) is 0 Å². The molecule has 0 aromatic rings. The van der Waals surface area contributed by atoms with Crippen LogP contribution in [0.1, 0.15) is 19.3 Å². The molecule has 0 atom stereocenters. The topological polar surface area (TPSA) is 17.1 Å². The summed E-state index contributed by atoms with van der Waals surface area (Å²) in [5.74, 6) is 3.99. The number of thioether (sulfide) groups is 1. The maximum Gasteiger partial charge on any atom is 0.137 e. The minimum atomic E-state index is 0.450. The molecule has 0 amide bonds. The molecule has 1 saturated heterocycles. The van der Waals surface area contributed by atoms with E-state index in [0.717, 1.165) is 23.8 Å². The SMILES string of the molecule is O=C(CC1CC1)C1CSC1. The molecular formula is C8H12OS. The minimum Gasteiger partial charge on any atom is -0.299 e. The summed E-state index contributed by atoms with van der Waals surface area (Å²) in [7, 11) is 0. The highest BCUT2D eigenvalue weighted by atomic mass is 32.2. The van der Waals surface area contributed by atoms with Crippen molar-refractivity contribution >= 4 is 17.5 Å². The normalized spacial score (nSPS) is 26.0. The molecule has 0 bridgehead atoms. The number of ketones is 1. The van der Waals surface area contributed by atoms with Gasteiger partial charge in [0.1, 0.15) is 5.78 Å². The van der Waals surface area contributed by atoms with Crippen molar-refractivity contribution in [2.24, 2.45) is 11.8 Å². The number of carbonyl (C=O) groups is 1. The van der Waals surface area contributed by atoms with Crippen molar-refractivity contribution < 1.29 is 4.79 Å². The average molecular weight is 156 g/mol. The third-order valence-electron chi connectivity index (χ3n) is 2.28. The third-order valence-corrected chi connectivity index (χ3v) is 3.56. The van der Waals surface area contributed by atoms with Crippen LogP contribution in [0.3, 0.4) is 0 Å². The molecule has 2 fully saturated rings. The summed E-state index contributed by atoms with van der Waals surface area (Å²) in [5, 5.41) is 0. The molecule has 2 heteroatoms. The van der Waals surface area contributed by atoms with Gasteiger partial charge in [0.2, 0.25) is 0 Å². The highest BCUT2D eigenvalue weighted by Gasteiger charge is 2.31. The summed E-state index contributed by atoms with van der Waals surface area (Å²) in [6.07, 6.45) is 3.52. The van der Waals surface area contributed by atoms with E-state index < -0.39 is 0 Å². The van der Waals surface area contributed by atoms with Crippen LogP contribution in [0.5, 0.6) is 0 Å². The molecule has 1 aliphatic heterocycles. The van der Waals surface area contributed by atoms with Gasteiger partial charge in [-0.15, -0.1) is 0 Å². The second kappa shape index (κ2) is 2.57. The molecule has 1 saturated carbocycles. The van der Waals surface area contributed by atoms with Gasteiger partial charge < -0.3 is 0 Å². The molecule has 56 valence electrons. The molecule has 2 rings (SSSR count). The Bertz CT molecular complexity index is 147. The third kappa shape index (κ3) is 1.36. The van der Waals surface area contributed by atoms with Gasteiger partial charge in [0.25, 0.3) is 0 Å². The quantitative estimate of drug-likeness (QED) is 0.619. The van der Waals surface area contributed by atoms with Crippen LogP contribution >= 0.6 is 11.8 Å². The summed E-state index contributed by atoms with van der Waals surface area (Å²) in [6.45, 7) is 0. The Balaban J connectivity index is 1.74. The molecule has 1 heterocycles. The summed E-state index contributed by atoms with van der Waals surface area (Å²) in [4.78, 5) is 11.3. The highest BCUT2D eigenvalue weighted by Crippen LogP contribution is 2.36. The van der Waals surface area contributed by atoms with E-state index >= 15 is 0 Å². The number of hydrogen-bond acceptors (Lipinski definition) is 2. The number of rotatable bonds is 3. The first-order valence-electron chi connectivity index (χ1n) is 3.96. The van der Waals surface area contributed by atoms with Crippen molar-refractivity contribution in [3.63, 3.8) is 0 Å². The maximum atomic E-state index is 11.3. The van der Waals surface area contributed by atoms with E-state index in [1.54, 1.807) is 0 Å². The number of carbonyl (C=O) groups excluding carboxylic acids is 1. The predicted molar refractivity (Wildman–Crippen MR) is 43.2 cm³/mol. The van der Waals surface area contributed by atoms with E-state index in [2.05, 4.69) is 0 Å². The van der Waals surface area contributed by atoms with Crippen molar-refractivity contribution in [2.45, 2.75) is 19.3 Å². The Morgan fingerprint density at radius 3 is 2.50 bits per heavy atom. The second-order valence-electron chi connectivity index (χ2n) is 3.35. The smallest absolute Gasteiger partial charge is 0.137 e. The van der Waals surface area contributed by atoms with Crippen molar-refractivity contribution in [3.8, 4) is 0 Å². The van der Waals surface area contributed by atoms with Crippen molar-refractivity contribution in [1.29, 1.82) is 0 Å². The molecule has 10 heavy (non-hydrogen) atoms. The fourth-order valence-corrected chi connectivity index (χ4v) is 2.04. The van der Waals surface area contributed by atoms with Crippen LogP contribution < -0.4 is 0 Å². The van der Waals surface area contributed by atoms with Crippen molar-refractivity contribution in [1.82, 2.24) is 0 Å². The Morgan fingerprint density at radius 1 is 1.40 bits per heavy atom. The van der Waals surface area contributed by atoms with Crippen LogP contribution in [0, 0.1) is 11.8 Å². The van der Waals surface area contributed by atoms with Crippen LogP contribution in [0.2, 0.25) is 0 Å². The highest BCUT2D eigenvalue weighted by molar-refractivity contribution is 8.00. The first-order chi connectivity index (χ1) is 4.86. The predicted octanol–water partition coefficient (Wildman–Crippen LogP) is 1.72. The lowest BCUT2D eigenvalue weighted by atomic mass is 10.0. The Labute approximate surface area is 65.6 Å². The molecule has 0 aromatic heterocycles. The maximum absolute atomic E-state index is 11.3. The molecule has 0 N–H and O–H groups in total. The van der Waals surface area contributed by atoms with Crippen LogP contribution in [-0.4, -0.2) is 17.3 Å². The molecule has 0 radical (unpaired) electrons. The lowest BCUT2D eigenvalue weighted by Gasteiger charge is -2.22. The minimum absolute atomic E-state index is 0.450. The van der Waals surface area contributed by atoms with E-state index in [4.69, 9.17) is 0 Å². The van der Waals surface area contributed by atoms with Crippen molar-refractivity contribution in [2.75, 3.05) is 11.5 Å². The Morgan fingerprint density at radius 2 is 2.10 bits per heavy atom. The number of hydrogen-bond donors (Lipinski definition) is 0. The summed E-state index contributed by atoms with van der Waals surface area (Å²) in [6, 6.07) is 0. The lowest BCUT2D eigenvalue weighted by molar-refractivity contribution is -0.122. The molecule has 0 spiro atoms. The van der Waals surface area contributed by atoms with Gasteiger partial charge >= 0.3 is 0 Å². The molecule has 1 nitrogen and oxygen atoms in total. The van der Waals surface area contributed by atoms with E-state index in [-0.39, 0.29) is 0 Å². The van der Waals surface area contributed by atoms with Crippen LogP contribution in [0.25, 0.3) is 0 Å². The fourth-order valence-electron chi connectivity index (χ4n) is 1.19. The van der Waals surface area contributed by atoms with E-state index in [1.165, 1.54) is 12.8 Å². The Hall–Kier alpha value is 0.0200. The van der Waals surface area contributed by atoms with Crippen LogP contribution in [0.15, 0.2) is 0 Å². The van der Waals surface area contributed by atoms with E-state index in [1.807, 2.05) is 11.8 Å². The van der Waals surface area contributed by atoms with Gasteiger partial charge in [-0.25, -0.2) is 0 Å². The molecule has 0 unspecified atom stereocenters. The first kappa shape index (κ1) is 6.71. The van der Waals surface area contributed by atoms with Crippen LogP contribution in [0.4, 0.5) is 0 Å². The average Bonchev–Trinajstić information content (AvgIpc) is 2.43. The zero-order valence-electron chi connectivity index (χ0n) is 6.01. The van der Waals surface area contributed by atoms with Gasteiger partial charge in [-0.05, 0) is 18.8 Å². The Kier molecular flexibility index (Phi) is 1.73. The second-order valence-corrected chi connectivity index (χ2v) is 4.42. The van der Waals surface area contributed by atoms with E-state index in [0.29, 0.717) is 11.7 Å². The zero-order chi connectivity index (χ0) is 6.97. The van der Waals surface area contributed by atoms with Gasteiger partial charge in [-0.1, -0.05) is 0 Å².